The van der Waals surface area contributed by atoms with Crippen LogP contribution in [0.1, 0.15) is 11.1 Å². The minimum atomic E-state index is -2.83. The second-order valence-electron chi connectivity index (χ2n) is 5.44. The number of carbonyl (C=O) groups is 1. The number of hydrogen-bond acceptors (Lipinski definition) is 3. The number of amides is 1. The van der Waals surface area contributed by atoms with Crippen LogP contribution in [0.3, 0.4) is 0 Å². The molecule has 0 heterocycles. The zero-order chi connectivity index (χ0) is 18.2. The van der Waals surface area contributed by atoms with Crippen LogP contribution in [0.15, 0.2) is 42.5 Å². The maximum absolute atomic E-state index is 12.1. The lowest BCUT2D eigenvalue weighted by atomic mass is 10.1. The van der Waals surface area contributed by atoms with Crippen LogP contribution in [-0.2, 0) is 11.2 Å². The molecule has 0 fully saturated rings. The van der Waals surface area contributed by atoms with Crippen molar-refractivity contribution in [2.75, 3.05) is 18.4 Å². The van der Waals surface area contributed by atoms with E-state index >= 15 is 0 Å². The first-order valence-electron chi connectivity index (χ1n) is 7.74. The molecule has 0 saturated heterocycles. The number of aryl methyl sites for hydroxylation is 1. The average Bonchev–Trinajstić information content (AvgIpc) is 2.55. The summed E-state index contributed by atoms with van der Waals surface area (Å²) in [6, 6.07) is 11.8. The molecule has 0 aromatic heterocycles. The number of halogens is 3. The maximum Gasteiger partial charge on any atom is 0.387 e. The topological polar surface area (TPSA) is 50.4 Å². The van der Waals surface area contributed by atoms with Crippen LogP contribution in [0, 0.1) is 6.92 Å². The average molecular weight is 369 g/mol. The van der Waals surface area contributed by atoms with Crippen LogP contribution in [0.25, 0.3) is 0 Å². The van der Waals surface area contributed by atoms with E-state index in [1.54, 1.807) is 18.2 Å². The molecule has 2 rings (SSSR count). The third-order valence-corrected chi connectivity index (χ3v) is 3.75. The Labute approximate surface area is 150 Å². The van der Waals surface area contributed by atoms with Gasteiger partial charge >= 0.3 is 6.61 Å². The largest absolute Gasteiger partial charge is 0.435 e. The molecular formula is C18H19ClF2N2O2. The zero-order valence-corrected chi connectivity index (χ0v) is 14.4. The van der Waals surface area contributed by atoms with Gasteiger partial charge in [-0.3, -0.25) is 4.79 Å². The fourth-order valence-corrected chi connectivity index (χ4v) is 2.47. The van der Waals surface area contributed by atoms with E-state index in [0.717, 1.165) is 16.8 Å². The Balaban J connectivity index is 1.71. The second kappa shape index (κ2) is 9.22. The Morgan fingerprint density at radius 2 is 1.92 bits per heavy atom. The van der Waals surface area contributed by atoms with Crippen molar-refractivity contribution < 1.29 is 18.3 Å². The number of carbonyl (C=O) groups excluding carboxylic acids is 1. The molecule has 1 amide bonds. The molecule has 134 valence electrons. The minimum absolute atomic E-state index is 0.116. The molecule has 0 bridgehead atoms. The summed E-state index contributed by atoms with van der Waals surface area (Å²) in [7, 11) is 0. The zero-order valence-electron chi connectivity index (χ0n) is 13.7. The fraction of sp³-hybridized carbons (Fsp3) is 0.278. The Hall–Kier alpha value is -2.34. The highest BCUT2D eigenvalue weighted by Crippen LogP contribution is 2.19. The molecule has 0 atom stereocenters. The number of hydrogen-bond donors (Lipinski definition) is 2. The summed E-state index contributed by atoms with van der Waals surface area (Å²) in [6.07, 6.45) is 0.598. The second-order valence-corrected chi connectivity index (χ2v) is 5.87. The summed E-state index contributed by atoms with van der Waals surface area (Å²) >= 11 is 5.89. The van der Waals surface area contributed by atoms with Gasteiger partial charge in [0.2, 0.25) is 5.91 Å². The predicted molar refractivity (Wildman–Crippen MR) is 94.5 cm³/mol. The molecule has 2 N–H and O–H groups in total. The smallest absolute Gasteiger partial charge is 0.387 e. The lowest BCUT2D eigenvalue weighted by Crippen LogP contribution is -2.31. The van der Waals surface area contributed by atoms with Crippen molar-refractivity contribution >= 4 is 23.2 Å². The monoisotopic (exact) mass is 368 g/mol. The maximum atomic E-state index is 12.1. The van der Waals surface area contributed by atoms with E-state index in [4.69, 9.17) is 11.6 Å². The van der Waals surface area contributed by atoms with Gasteiger partial charge in [-0.2, -0.15) is 8.78 Å². The first kappa shape index (κ1) is 19.0. The molecule has 0 saturated carbocycles. The van der Waals surface area contributed by atoms with E-state index in [9.17, 15) is 13.6 Å². The quantitative estimate of drug-likeness (QED) is 0.740. The van der Waals surface area contributed by atoms with Crippen LogP contribution in [0.5, 0.6) is 5.75 Å². The number of nitrogens with one attached hydrogen (secondary N) is 2. The molecule has 0 aliphatic rings. The summed E-state index contributed by atoms with van der Waals surface area (Å²) < 4.78 is 28.4. The SMILES string of the molecule is Cc1cc(Cl)ccc1NCC(=O)NCCc1ccc(OC(F)F)cc1. The van der Waals surface area contributed by atoms with Gasteiger partial charge in [-0.1, -0.05) is 23.7 Å². The molecule has 0 spiro atoms. The van der Waals surface area contributed by atoms with Crippen LogP contribution >= 0.6 is 11.6 Å². The van der Waals surface area contributed by atoms with E-state index in [1.165, 1.54) is 12.1 Å². The van der Waals surface area contributed by atoms with E-state index in [2.05, 4.69) is 15.4 Å². The van der Waals surface area contributed by atoms with Gasteiger partial charge in [0.05, 0.1) is 6.54 Å². The highest BCUT2D eigenvalue weighted by atomic mass is 35.5. The Morgan fingerprint density at radius 3 is 2.56 bits per heavy atom. The van der Waals surface area contributed by atoms with Gasteiger partial charge in [0.25, 0.3) is 0 Å². The number of ether oxygens (including phenoxy) is 1. The molecular weight excluding hydrogens is 350 g/mol. The highest BCUT2D eigenvalue weighted by Gasteiger charge is 2.05. The van der Waals surface area contributed by atoms with Crippen LogP contribution in [-0.4, -0.2) is 25.6 Å². The molecule has 2 aromatic rings. The van der Waals surface area contributed by atoms with Crippen molar-refractivity contribution in [1.29, 1.82) is 0 Å². The molecule has 0 unspecified atom stereocenters. The van der Waals surface area contributed by atoms with Gasteiger partial charge in [-0.05, 0) is 54.8 Å². The molecule has 4 nitrogen and oxygen atoms in total. The Kier molecular flexibility index (Phi) is 7.01. The third kappa shape index (κ3) is 6.58. The lowest BCUT2D eigenvalue weighted by molar-refractivity contribution is -0.119. The molecule has 2 aromatic carbocycles. The Bertz CT molecular complexity index is 709. The third-order valence-electron chi connectivity index (χ3n) is 3.51. The van der Waals surface area contributed by atoms with Crippen molar-refractivity contribution in [2.45, 2.75) is 20.0 Å². The number of benzene rings is 2. The number of alkyl halides is 2. The van der Waals surface area contributed by atoms with Crippen molar-refractivity contribution in [1.82, 2.24) is 5.32 Å². The van der Waals surface area contributed by atoms with E-state index < -0.39 is 6.61 Å². The van der Waals surface area contributed by atoms with Crippen LogP contribution < -0.4 is 15.4 Å². The van der Waals surface area contributed by atoms with Crippen LogP contribution in [0.4, 0.5) is 14.5 Å². The molecule has 0 aliphatic carbocycles. The van der Waals surface area contributed by atoms with E-state index in [1.807, 2.05) is 19.1 Å². The van der Waals surface area contributed by atoms with Crippen molar-refractivity contribution in [3.63, 3.8) is 0 Å². The van der Waals surface area contributed by atoms with E-state index in [-0.39, 0.29) is 18.2 Å². The predicted octanol–water partition coefficient (Wildman–Crippen LogP) is 4.02. The molecule has 0 aliphatic heterocycles. The summed E-state index contributed by atoms with van der Waals surface area (Å²) in [4.78, 5) is 11.9. The molecule has 0 radical (unpaired) electrons. The number of anilines is 1. The summed E-state index contributed by atoms with van der Waals surface area (Å²) in [5.74, 6) is -0.0164. The standard InChI is InChI=1S/C18H19ClF2N2O2/c1-12-10-14(19)4-7-16(12)23-11-17(24)22-9-8-13-2-5-15(6-3-13)25-18(20)21/h2-7,10,18,23H,8-9,11H2,1H3,(H,22,24). The summed E-state index contributed by atoms with van der Waals surface area (Å²) in [5.41, 5.74) is 2.74. The van der Waals surface area contributed by atoms with Crippen molar-refractivity contribution in [3.8, 4) is 5.75 Å². The van der Waals surface area contributed by atoms with Crippen molar-refractivity contribution in [3.05, 3.63) is 58.6 Å². The van der Waals surface area contributed by atoms with Gasteiger partial charge in [-0.25, -0.2) is 0 Å². The number of rotatable bonds is 8. The van der Waals surface area contributed by atoms with Gasteiger partial charge in [0, 0.05) is 17.3 Å². The van der Waals surface area contributed by atoms with E-state index in [0.29, 0.717) is 18.0 Å². The molecule has 25 heavy (non-hydrogen) atoms. The Morgan fingerprint density at radius 1 is 1.20 bits per heavy atom. The minimum Gasteiger partial charge on any atom is -0.435 e. The lowest BCUT2D eigenvalue weighted by Gasteiger charge is -2.10. The fourth-order valence-electron chi connectivity index (χ4n) is 2.25. The van der Waals surface area contributed by atoms with Gasteiger partial charge < -0.3 is 15.4 Å². The summed E-state index contributed by atoms with van der Waals surface area (Å²) in [6.45, 7) is -0.311. The van der Waals surface area contributed by atoms with Gasteiger partial charge in [0.15, 0.2) is 0 Å². The van der Waals surface area contributed by atoms with Gasteiger partial charge in [0.1, 0.15) is 5.75 Å². The normalized spacial score (nSPS) is 10.6. The van der Waals surface area contributed by atoms with Crippen molar-refractivity contribution in [2.24, 2.45) is 0 Å². The summed E-state index contributed by atoms with van der Waals surface area (Å²) in [5, 5.41) is 6.51. The van der Waals surface area contributed by atoms with Gasteiger partial charge in [-0.15, -0.1) is 0 Å². The first-order chi connectivity index (χ1) is 11.9. The van der Waals surface area contributed by atoms with Crippen LogP contribution in [0.2, 0.25) is 5.02 Å². The highest BCUT2D eigenvalue weighted by molar-refractivity contribution is 6.30. The molecule has 7 heteroatoms. The first-order valence-corrected chi connectivity index (χ1v) is 8.12.